The number of amides is 1. The molecule has 1 amide bonds. The van der Waals surface area contributed by atoms with Crippen molar-refractivity contribution in [1.82, 2.24) is 5.32 Å². The number of aliphatic hydroxyl groups is 1. The Balaban J connectivity index is 1.98. The maximum Gasteiger partial charge on any atom is 0.261 e. The maximum absolute atomic E-state index is 12.1. The average Bonchev–Trinajstić information content (AvgIpc) is 2.77. The van der Waals surface area contributed by atoms with Crippen LogP contribution in [-0.2, 0) is 12.8 Å². The van der Waals surface area contributed by atoms with E-state index < -0.39 is 5.60 Å². The molecule has 3 nitrogen and oxygen atoms in total. The first-order valence-corrected chi connectivity index (χ1v) is 8.02. The second-order valence-corrected chi connectivity index (χ2v) is 6.56. The molecular weight excluding hydrogens is 258 g/mol. The van der Waals surface area contributed by atoms with Crippen molar-refractivity contribution >= 4 is 17.2 Å². The predicted molar refractivity (Wildman–Crippen MR) is 78.8 cm³/mol. The summed E-state index contributed by atoms with van der Waals surface area (Å²) >= 11 is 1.60. The normalized spacial score (nSPS) is 17.0. The van der Waals surface area contributed by atoms with Crippen LogP contribution in [0.2, 0.25) is 0 Å². The van der Waals surface area contributed by atoms with E-state index in [1.807, 2.05) is 6.07 Å². The molecule has 4 heteroatoms. The van der Waals surface area contributed by atoms with Crippen molar-refractivity contribution < 1.29 is 9.90 Å². The summed E-state index contributed by atoms with van der Waals surface area (Å²) in [6, 6.07) is 2.01. The van der Waals surface area contributed by atoms with Gasteiger partial charge in [0.2, 0.25) is 0 Å². The largest absolute Gasteiger partial charge is 0.388 e. The van der Waals surface area contributed by atoms with Crippen molar-refractivity contribution in [1.29, 1.82) is 0 Å². The zero-order valence-electron chi connectivity index (χ0n) is 11.8. The van der Waals surface area contributed by atoms with E-state index in [-0.39, 0.29) is 5.91 Å². The summed E-state index contributed by atoms with van der Waals surface area (Å²) in [4.78, 5) is 14.2. The van der Waals surface area contributed by atoms with E-state index >= 15 is 0 Å². The topological polar surface area (TPSA) is 49.3 Å². The Hall–Kier alpha value is -0.870. The molecule has 1 aromatic heterocycles. The summed E-state index contributed by atoms with van der Waals surface area (Å²) in [6.07, 6.45) is 5.80. The average molecular weight is 281 g/mol. The highest BCUT2D eigenvalue weighted by Crippen LogP contribution is 2.31. The summed E-state index contributed by atoms with van der Waals surface area (Å²) in [5.74, 6) is -0.0395. The van der Waals surface area contributed by atoms with Crippen molar-refractivity contribution in [3.8, 4) is 0 Å². The van der Waals surface area contributed by atoms with Crippen molar-refractivity contribution in [2.75, 3.05) is 6.54 Å². The fourth-order valence-electron chi connectivity index (χ4n) is 2.41. The van der Waals surface area contributed by atoms with Gasteiger partial charge in [0.1, 0.15) is 0 Å². The van der Waals surface area contributed by atoms with E-state index in [2.05, 4.69) is 19.2 Å². The van der Waals surface area contributed by atoms with E-state index in [0.717, 1.165) is 43.4 Å². The van der Waals surface area contributed by atoms with E-state index in [0.29, 0.717) is 6.54 Å². The predicted octanol–water partition coefficient (Wildman–Crippen LogP) is 2.91. The van der Waals surface area contributed by atoms with Gasteiger partial charge >= 0.3 is 0 Å². The molecule has 1 aliphatic carbocycles. The highest BCUT2D eigenvalue weighted by molar-refractivity contribution is 7.14. The molecule has 0 spiro atoms. The monoisotopic (exact) mass is 281 g/mol. The van der Waals surface area contributed by atoms with Gasteiger partial charge in [0.25, 0.3) is 5.91 Å². The van der Waals surface area contributed by atoms with Gasteiger partial charge in [-0.25, -0.2) is 0 Å². The standard InChI is InChI=1S/C15H23NO2S/c1-3-6-12-11(4-2)9-13(19-12)14(17)16-10-15(18)7-5-8-15/h9,18H,3-8,10H2,1-2H3,(H,16,17). The molecule has 1 heterocycles. The number of nitrogens with one attached hydrogen (secondary N) is 1. The molecule has 0 atom stereocenters. The number of carbonyl (C=O) groups excluding carboxylic acids is 1. The Morgan fingerprint density at radius 3 is 2.74 bits per heavy atom. The van der Waals surface area contributed by atoms with Crippen LogP contribution in [0.1, 0.15) is 59.6 Å². The van der Waals surface area contributed by atoms with Crippen LogP contribution in [0.15, 0.2) is 6.07 Å². The minimum Gasteiger partial charge on any atom is -0.388 e. The van der Waals surface area contributed by atoms with Gasteiger partial charge in [-0.05, 0) is 43.7 Å². The van der Waals surface area contributed by atoms with Crippen LogP contribution in [0.3, 0.4) is 0 Å². The van der Waals surface area contributed by atoms with E-state index in [4.69, 9.17) is 0 Å². The van der Waals surface area contributed by atoms with Gasteiger partial charge in [-0.1, -0.05) is 20.3 Å². The maximum atomic E-state index is 12.1. The molecule has 0 aromatic carbocycles. The fourth-order valence-corrected chi connectivity index (χ4v) is 3.68. The highest BCUT2D eigenvalue weighted by atomic mass is 32.1. The third-order valence-electron chi connectivity index (χ3n) is 3.84. The first kappa shape index (κ1) is 14.5. The summed E-state index contributed by atoms with van der Waals surface area (Å²) in [6.45, 7) is 4.67. The lowest BCUT2D eigenvalue weighted by Gasteiger charge is -2.36. The van der Waals surface area contributed by atoms with Crippen LogP contribution < -0.4 is 5.32 Å². The third-order valence-corrected chi connectivity index (χ3v) is 5.08. The summed E-state index contributed by atoms with van der Waals surface area (Å²) in [7, 11) is 0. The third kappa shape index (κ3) is 3.37. The van der Waals surface area contributed by atoms with Crippen molar-refractivity contribution in [2.45, 2.75) is 58.0 Å². The zero-order valence-corrected chi connectivity index (χ0v) is 12.6. The molecule has 2 rings (SSSR count). The van der Waals surface area contributed by atoms with Gasteiger partial charge in [0.05, 0.1) is 10.5 Å². The number of hydrogen-bond acceptors (Lipinski definition) is 3. The Labute approximate surface area is 119 Å². The van der Waals surface area contributed by atoms with Gasteiger partial charge in [0, 0.05) is 11.4 Å². The first-order valence-electron chi connectivity index (χ1n) is 7.20. The van der Waals surface area contributed by atoms with Gasteiger partial charge in [0.15, 0.2) is 0 Å². The molecule has 106 valence electrons. The lowest BCUT2D eigenvalue weighted by atomic mass is 9.80. The van der Waals surface area contributed by atoms with Crippen LogP contribution in [0.25, 0.3) is 0 Å². The molecule has 0 saturated heterocycles. The van der Waals surface area contributed by atoms with Crippen LogP contribution in [0.5, 0.6) is 0 Å². The molecule has 1 aromatic rings. The minimum absolute atomic E-state index is 0.0395. The number of hydrogen-bond donors (Lipinski definition) is 2. The zero-order chi connectivity index (χ0) is 13.9. The Morgan fingerprint density at radius 1 is 1.47 bits per heavy atom. The molecule has 1 aliphatic rings. The quantitative estimate of drug-likeness (QED) is 0.842. The van der Waals surface area contributed by atoms with E-state index in [1.54, 1.807) is 11.3 Å². The Kier molecular flexibility index (Phi) is 4.63. The molecule has 1 saturated carbocycles. The van der Waals surface area contributed by atoms with Crippen LogP contribution in [-0.4, -0.2) is 23.2 Å². The van der Waals surface area contributed by atoms with Gasteiger partial charge in [-0.3, -0.25) is 4.79 Å². The number of carbonyl (C=O) groups is 1. The molecule has 1 fully saturated rings. The highest BCUT2D eigenvalue weighted by Gasteiger charge is 2.34. The Morgan fingerprint density at radius 2 is 2.21 bits per heavy atom. The molecule has 0 aliphatic heterocycles. The van der Waals surface area contributed by atoms with Gasteiger partial charge < -0.3 is 10.4 Å². The molecule has 0 bridgehead atoms. The number of rotatable bonds is 6. The summed E-state index contributed by atoms with van der Waals surface area (Å²) in [5, 5.41) is 12.9. The van der Waals surface area contributed by atoms with E-state index in [1.165, 1.54) is 10.4 Å². The van der Waals surface area contributed by atoms with Gasteiger partial charge in [-0.15, -0.1) is 11.3 Å². The molecule has 2 N–H and O–H groups in total. The fraction of sp³-hybridized carbons (Fsp3) is 0.667. The van der Waals surface area contributed by atoms with Crippen molar-refractivity contribution in [3.05, 3.63) is 21.4 Å². The first-order chi connectivity index (χ1) is 9.08. The number of thiophene rings is 1. The molecule has 0 radical (unpaired) electrons. The minimum atomic E-state index is -0.646. The lowest BCUT2D eigenvalue weighted by molar-refractivity contribution is -0.0300. The van der Waals surface area contributed by atoms with Crippen LogP contribution in [0, 0.1) is 0 Å². The van der Waals surface area contributed by atoms with Crippen molar-refractivity contribution in [2.24, 2.45) is 0 Å². The Bertz CT molecular complexity index is 449. The molecule has 19 heavy (non-hydrogen) atoms. The number of aryl methyl sites for hydroxylation is 2. The van der Waals surface area contributed by atoms with Crippen LogP contribution in [0.4, 0.5) is 0 Å². The molecule has 0 unspecified atom stereocenters. The second kappa shape index (κ2) is 6.06. The summed E-state index contributed by atoms with van der Waals surface area (Å²) < 4.78 is 0. The molecular formula is C15H23NO2S. The lowest BCUT2D eigenvalue weighted by Crippen LogP contribution is -2.47. The van der Waals surface area contributed by atoms with Gasteiger partial charge in [-0.2, -0.15) is 0 Å². The van der Waals surface area contributed by atoms with Crippen LogP contribution >= 0.6 is 11.3 Å². The second-order valence-electron chi connectivity index (χ2n) is 5.42. The smallest absolute Gasteiger partial charge is 0.261 e. The van der Waals surface area contributed by atoms with Crippen molar-refractivity contribution in [3.63, 3.8) is 0 Å². The SMILES string of the molecule is CCCc1sc(C(=O)NCC2(O)CCC2)cc1CC. The van der Waals surface area contributed by atoms with E-state index in [9.17, 15) is 9.90 Å². The summed E-state index contributed by atoms with van der Waals surface area (Å²) in [5.41, 5.74) is 0.645.